The van der Waals surface area contributed by atoms with E-state index in [4.69, 9.17) is 16.0 Å². The Labute approximate surface area is 107 Å². The van der Waals surface area contributed by atoms with Gasteiger partial charge < -0.3 is 4.42 Å². The molecule has 1 heterocycles. The van der Waals surface area contributed by atoms with Gasteiger partial charge in [0.15, 0.2) is 11.7 Å². The topological polar surface area (TPSA) is 26.0 Å². The van der Waals surface area contributed by atoms with E-state index >= 15 is 0 Å². The lowest BCUT2D eigenvalue weighted by Crippen LogP contribution is -1.86. The third-order valence-electron chi connectivity index (χ3n) is 2.81. The van der Waals surface area contributed by atoms with Gasteiger partial charge in [-0.2, -0.15) is 0 Å². The first-order valence-electron chi connectivity index (χ1n) is 5.79. The third kappa shape index (κ3) is 2.70. The lowest BCUT2D eigenvalue weighted by atomic mass is 10.0. The van der Waals surface area contributed by atoms with Gasteiger partial charge in [-0.1, -0.05) is 18.2 Å². The number of alkyl halides is 1. The number of aromatic nitrogens is 1. The van der Waals surface area contributed by atoms with Gasteiger partial charge in [0.1, 0.15) is 0 Å². The van der Waals surface area contributed by atoms with E-state index in [1.165, 1.54) is 11.1 Å². The summed E-state index contributed by atoms with van der Waals surface area (Å²) in [5.74, 6) is 2.26. The summed E-state index contributed by atoms with van der Waals surface area (Å²) < 4.78 is 5.76. The van der Waals surface area contributed by atoms with Crippen LogP contribution in [0.2, 0.25) is 0 Å². The van der Waals surface area contributed by atoms with Crippen LogP contribution in [0.5, 0.6) is 0 Å². The molecule has 0 atom stereocenters. The van der Waals surface area contributed by atoms with Crippen molar-refractivity contribution in [2.75, 3.05) is 5.88 Å². The Morgan fingerprint density at radius 3 is 2.59 bits per heavy atom. The number of aryl methyl sites for hydroxylation is 3. The molecule has 0 aliphatic carbocycles. The summed E-state index contributed by atoms with van der Waals surface area (Å²) in [5, 5.41) is 0. The number of hydrogen-bond donors (Lipinski definition) is 0. The molecule has 0 spiro atoms. The van der Waals surface area contributed by atoms with Gasteiger partial charge in [-0.3, -0.25) is 0 Å². The second-order valence-electron chi connectivity index (χ2n) is 4.18. The van der Waals surface area contributed by atoms with E-state index in [2.05, 4.69) is 37.0 Å². The zero-order valence-electron chi connectivity index (χ0n) is 10.2. The number of nitrogens with zero attached hydrogens (tertiary/aromatic N) is 1. The van der Waals surface area contributed by atoms with E-state index in [0.29, 0.717) is 5.88 Å². The minimum Gasteiger partial charge on any atom is -0.441 e. The molecule has 0 saturated carbocycles. The molecule has 0 bridgehead atoms. The second-order valence-corrected chi connectivity index (χ2v) is 4.56. The molecule has 0 aliphatic rings. The van der Waals surface area contributed by atoms with Crippen molar-refractivity contribution in [1.82, 2.24) is 4.98 Å². The lowest BCUT2D eigenvalue weighted by molar-refractivity contribution is 0.503. The van der Waals surface area contributed by atoms with Gasteiger partial charge in [-0.15, -0.1) is 11.6 Å². The summed E-state index contributed by atoms with van der Waals surface area (Å²) in [6.07, 6.45) is 3.50. The van der Waals surface area contributed by atoms with Crippen molar-refractivity contribution in [3.63, 3.8) is 0 Å². The molecule has 3 heteroatoms. The molecule has 0 aliphatic heterocycles. The normalized spacial score (nSPS) is 10.8. The van der Waals surface area contributed by atoms with Crippen molar-refractivity contribution >= 4 is 11.6 Å². The molecule has 2 nitrogen and oxygen atoms in total. The van der Waals surface area contributed by atoms with E-state index in [1.807, 2.05) is 0 Å². The molecule has 1 aromatic heterocycles. The minimum absolute atomic E-state index is 0.640. The number of oxazole rings is 1. The molecule has 2 aromatic rings. The van der Waals surface area contributed by atoms with Gasteiger partial charge in [0.2, 0.25) is 0 Å². The molecule has 2 rings (SSSR count). The first-order valence-corrected chi connectivity index (χ1v) is 6.33. The zero-order chi connectivity index (χ0) is 12.3. The molecule has 90 valence electrons. The Morgan fingerprint density at radius 1 is 1.24 bits per heavy atom. The predicted octanol–water partition coefficient (Wildman–Crippen LogP) is 4.13. The Hall–Kier alpha value is -1.28. The van der Waals surface area contributed by atoms with Crippen molar-refractivity contribution in [1.29, 1.82) is 0 Å². The summed E-state index contributed by atoms with van der Waals surface area (Å²) in [6, 6.07) is 6.23. The van der Waals surface area contributed by atoms with Crippen LogP contribution in [0, 0.1) is 13.8 Å². The van der Waals surface area contributed by atoms with Crippen LogP contribution < -0.4 is 0 Å². The fourth-order valence-corrected chi connectivity index (χ4v) is 2.10. The molecule has 0 amide bonds. The smallest absolute Gasteiger partial charge is 0.194 e. The Bertz CT molecular complexity index is 484. The van der Waals surface area contributed by atoms with Crippen LogP contribution in [-0.2, 0) is 6.42 Å². The van der Waals surface area contributed by atoms with Crippen molar-refractivity contribution in [2.24, 2.45) is 0 Å². The van der Waals surface area contributed by atoms with Crippen molar-refractivity contribution in [3.05, 3.63) is 41.4 Å². The Kier molecular flexibility index (Phi) is 3.85. The quantitative estimate of drug-likeness (QED) is 0.762. The number of hydrogen-bond acceptors (Lipinski definition) is 2. The maximum Gasteiger partial charge on any atom is 0.194 e. The molecule has 0 saturated heterocycles. The van der Waals surface area contributed by atoms with Crippen molar-refractivity contribution in [3.8, 4) is 11.3 Å². The maximum atomic E-state index is 5.76. The van der Waals surface area contributed by atoms with Crippen LogP contribution in [-0.4, -0.2) is 10.9 Å². The first-order chi connectivity index (χ1) is 8.22. The third-order valence-corrected chi connectivity index (χ3v) is 3.07. The van der Waals surface area contributed by atoms with Gasteiger partial charge in [0.25, 0.3) is 0 Å². The Balaban J connectivity index is 2.30. The highest BCUT2D eigenvalue weighted by atomic mass is 35.5. The van der Waals surface area contributed by atoms with Gasteiger partial charge in [-0.25, -0.2) is 4.98 Å². The lowest BCUT2D eigenvalue weighted by Gasteiger charge is -2.05. The summed E-state index contributed by atoms with van der Waals surface area (Å²) >= 11 is 5.66. The largest absolute Gasteiger partial charge is 0.441 e. The van der Waals surface area contributed by atoms with Crippen LogP contribution in [0.1, 0.15) is 23.4 Å². The second kappa shape index (κ2) is 5.37. The molecular weight excluding hydrogens is 234 g/mol. The van der Waals surface area contributed by atoms with Crippen LogP contribution >= 0.6 is 11.6 Å². The van der Waals surface area contributed by atoms with E-state index in [0.717, 1.165) is 30.1 Å². The standard InChI is InChI=1S/C14H16ClNO/c1-10-5-3-6-11(2)14(10)12-9-16-13(17-12)7-4-8-15/h3,5-6,9H,4,7-8H2,1-2H3. The summed E-state index contributed by atoms with van der Waals surface area (Å²) in [5.41, 5.74) is 3.58. The number of halogens is 1. The van der Waals surface area contributed by atoms with Gasteiger partial charge >= 0.3 is 0 Å². The minimum atomic E-state index is 0.640. The van der Waals surface area contributed by atoms with Crippen LogP contribution in [0.15, 0.2) is 28.8 Å². The highest BCUT2D eigenvalue weighted by Gasteiger charge is 2.10. The number of benzene rings is 1. The summed E-state index contributed by atoms with van der Waals surface area (Å²) in [7, 11) is 0. The average Bonchev–Trinajstić information content (AvgIpc) is 2.75. The average molecular weight is 250 g/mol. The van der Waals surface area contributed by atoms with Gasteiger partial charge in [-0.05, 0) is 31.4 Å². The monoisotopic (exact) mass is 249 g/mol. The fraction of sp³-hybridized carbons (Fsp3) is 0.357. The molecular formula is C14H16ClNO. The maximum absolute atomic E-state index is 5.76. The summed E-state index contributed by atoms with van der Waals surface area (Å²) in [6.45, 7) is 4.17. The van der Waals surface area contributed by atoms with Crippen LogP contribution in [0.4, 0.5) is 0 Å². The van der Waals surface area contributed by atoms with E-state index in [1.54, 1.807) is 6.20 Å². The predicted molar refractivity (Wildman–Crippen MR) is 70.5 cm³/mol. The molecule has 0 radical (unpaired) electrons. The molecule has 0 fully saturated rings. The Morgan fingerprint density at radius 2 is 1.94 bits per heavy atom. The molecule has 1 aromatic carbocycles. The fourth-order valence-electron chi connectivity index (χ4n) is 1.96. The molecule has 17 heavy (non-hydrogen) atoms. The van der Waals surface area contributed by atoms with Crippen LogP contribution in [0.3, 0.4) is 0 Å². The van der Waals surface area contributed by atoms with E-state index in [9.17, 15) is 0 Å². The SMILES string of the molecule is Cc1cccc(C)c1-c1cnc(CCCCl)o1. The van der Waals surface area contributed by atoms with Crippen molar-refractivity contribution < 1.29 is 4.42 Å². The van der Waals surface area contributed by atoms with E-state index < -0.39 is 0 Å². The van der Waals surface area contributed by atoms with Crippen LogP contribution in [0.25, 0.3) is 11.3 Å². The van der Waals surface area contributed by atoms with Crippen molar-refractivity contribution in [2.45, 2.75) is 26.7 Å². The zero-order valence-corrected chi connectivity index (χ0v) is 10.9. The summed E-state index contributed by atoms with van der Waals surface area (Å²) in [4.78, 5) is 4.29. The van der Waals surface area contributed by atoms with Gasteiger partial charge in [0, 0.05) is 17.9 Å². The molecule has 0 unspecified atom stereocenters. The van der Waals surface area contributed by atoms with E-state index in [-0.39, 0.29) is 0 Å². The molecule has 0 N–H and O–H groups in total. The van der Waals surface area contributed by atoms with Gasteiger partial charge in [0.05, 0.1) is 6.20 Å². The number of rotatable bonds is 4. The first kappa shape index (κ1) is 12.2. The highest BCUT2D eigenvalue weighted by molar-refractivity contribution is 6.17. The highest BCUT2D eigenvalue weighted by Crippen LogP contribution is 2.27.